The number of hydrogen-bond acceptors (Lipinski definition) is 8. The van der Waals surface area contributed by atoms with E-state index >= 15 is 0 Å². The first-order chi connectivity index (χ1) is 14.3. The molecule has 0 saturated carbocycles. The van der Waals surface area contributed by atoms with Crippen LogP contribution in [0.15, 0.2) is 52.5 Å². The van der Waals surface area contributed by atoms with Gasteiger partial charge < -0.3 is 4.74 Å². The lowest BCUT2D eigenvalue weighted by molar-refractivity contribution is 0.0885. The second-order valence-corrected chi connectivity index (χ2v) is 9.63. The molecular weight excluding hydrogens is 426 g/mol. The first-order valence-electron chi connectivity index (χ1n) is 9.10. The Morgan fingerprint density at radius 3 is 2.57 bits per heavy atom. The molecule has 0 spiro atoms. The third kappa shape index (κ3) is 3.33. The molecule has 0 bridgehead atoms. The van der Waals surface area contributed by atoms with E-state index in [0.717, 1.165) is 21.8 Å². The van der Waals surface area contributed by atoms with E-state index in [0.29, 0.717) is 16.5 Å². The number of rotatable bonds is 6. The van der Waals surface area contributed by atoms with Crippen LogP contribution in [0.3, 0.4) is 0 Å². The van der Waals surface area contributed by atoms with Crippen LogP contribution in [0.2, 0.25) is 0 Å². The first kappa shape index (κ1) is 20.4. The van der Waals surface area contributed by atoms with Gasteiger partial charge in [-0.1, -0.05) is 43.8 Å². The number of amides is 1. The zero-order valence-electron chi connectivity index (χ0n) is 16.5. The lowest BCUT2D eigenvalue weighted by Crippen LogP contribution is -2.30. The van der Waals surface area contributed by atoms with Crippen molar-refractivity contribution in [3.63, 3.8) is 0 Å². The fraction of sp³-hybridized carbons (Fsp3) is 0.263. The lowest BCUT2D eigenvalue weighted by atomic mass is 9.96. The van der Waals surface area contributed by atoms with Crippen molar-refractivity contribution in [3.05, 3.63) is 53.6 Å². The minimum atomic E-state index is -4.01. The number of aromatic nitrogens is 4. The maximum Gasteiger partial charge on any atom is 0.270 e. The maximum absolute atomic E-state index is 13.1. The Labute approximate surface area is 178 Å². The molecule has 156 valence electrons. The first-order valence-corrected chi connectivity index (χ1v) is 11.5. The smallest absolute Gasteiger partial charge is 0.270 e. The van der Waals surface area contributed by atoms with E-state index in [4.69, 9.17) is 4.74 Å². The van der Waals surface area contributed by atoms with Crippen molar-refractivity contribution in [2.45, 2.75) is 29.8 Å². The van der Waals surface area contributed by atoms with Crippen molar-refractivity contribution in [2.24, 2.45) is 0 Å². The molecule has 11 heteroatoms. The molecule has 1 aromatic heterocycles. The minimum Gasteiger partial charge on any atom is -0.497 e. The quantitative estimate of drug-likeness (QED) is 0.533. The fourth-order valence-electron chi connectivity index (χ4n) is 3.21. The van der Waals surface area contributed by atoms with Gasteiger partial charge in [-0.05, 0) is 40.1 Å². The lowest BCUT2D eigenvalue weighted by Gasteiger charge is -2.14. The van der Waals surface area contributed by atoms with Crippen LogP contribution in [0.25, 0.3) is 5.69 Å². The molecule has 1 amide bonds. The largest absolute Gasteiger partial charge is 0.497 e. The van der Waals surface area contributed by atoms with Crippen LogP contribution in [0, 0.1) is 0 Å². The zero-order chi connectivity index (χ0) is 21.5. The highest BCUT2D eigenvalue weighted by Gasteiger charge is 2.43. The van der Waals surface area contributed by atoms with E-state index in [1.54, 1.807) is 6.07 Å². The number of methoxy groups -OCH3 is 1. The number of hydrogen-bond donors (Lipinski definition) is 0. The second-order valence-electron chi connectivity index (χ2n) is 6.89. The number of carbonyl (C=O) groups is 1. The Morgan fingerprint density at radius 2 is 1.90 bits per heavy atom. The molecule has 0 fully saturated rings. The molecule has 0 N–H and O–H groups in total. The summed E-state index contributed by atoms with van der Waals surface area (Å²) in [7, 11) is -2.55. The summed E-state index contributed by atoms with van der Waals surface area (Å²) >= 11 is 1.07. The van der Waals surface area contributed by atoms with Gasteiger partial charge in [0.2, 0.25) is 5.16 Å². The molecule has 0 aliphatic carbocycles. The summed E-state index contributed by atoms with van der Waals surface area (Å²) < 4.78 is 33.9. The van der Waals surface area contributed by atoms with Gasteiger partial charge in [0.25, 0.3) is 15.9 Å². The zero-order valence-corrected chi connectivity index (χ0v) is 18.1. The van der Waals surface area contributed by atoms with Crippen molar-refractivity contribution >= 4 is 27.7 Å². The predicted octanol–water partition coefficient (Wildman–Crippen LogP) is 2.69. The number of thioether (sulfide) groups is 1. The SMILES string of the molecule is COc1cc(C(C)C)c2c(c1)S(=O)(=O)N(CSc1nnnn1-c1ccccc1)C2=O. The third-order valence-electron chi connectivity index (χ3n) is 4.72. The van der Waals surface area contributed by atoms with Gasteiger partial charge in [0.1, 0.15) is 10.6 Å². The predicted molar refractivity (Wildman–Crippen MR) is 110 cm³/mol. The van der Waals surface area contributed by atoms with Gasteiger partial charge in [-0.15, -0.1) is 5.10 Å². The number of tetrazole rings is 1. The molecular formula is C19H19N5O4S2. The molecule has 30 heavy (non-hydrogen) atoms. The van der Waals surface area contributed by atoms with Crippen LogP contribution in [0.1, 0.15) is 35.7 Å². The van der Waals surface area contributed by atoms with E-state index in [-0.39, 0.29) is 22.3 Å². The second kappa shape index (κ2) is 7.73. The topological polar surface area (TPSA) is 107 Å². The monoisotopic (exact) mass is 445 g/mol. The van der Waals surface area contributed by atoms with Crippen LogP contribution in [-0.4, -0.2) is 51.8 Å². The average molecular weight is 446 g/mol. The highest BCUT2D eigenvalue weighted by Crippen LogP contribution is 2.39. The molecule has 0 radical (unpaired) electrons. The molecule has 3 aromatic rings. The summed E-state index contributed by atoms with van der Waals surface area (Å²) in [5.74, 6) is -0.354. The van der Waals surface area contributed by atoms with Crippen LogP contribution >= 0.6 is 11.8 Å². The average Bonchev–Trinajstić information content (AvgIpc) is 3.28. The van der Waals surface area contributed by atoms with Gasteiger partial charge in [-0.3, -0.25) is 4.79 Å². The number of carbonyl (C=O) groups excluding carboxylic acids is 1. The van der Waals surface area contributed by atoms with E-state index < -0.39 is 15.9 Å². The molecule has 0 unspecified atom stereocenters. The van der Waals surface area contributed by atoms with Crippen LogP contribution in [0.5, 0.6) is 5.75 Å². The van der Waals surface area contributed by atoms with E-state index in [9.17, 15) is 13.2 Å². The summed E-state index contributed by atoms with van der Waals surface area (Å²) in [6, 6.07) is 12.3. The summed E-state index contributed by atoms with van der Waals surface area (Å²) in [6.07, 6.45) is 0. The van der Waals surface area contributed by atoms with E-state index in [2.05, 4.69) is 15.5 Å². The highest BCUT2D eigenvalue weighted by molar-refractivity contribution is 8.00. The molecule has 1 aliphatic rings. The van der Waals surface area contributed by atoms with Crippen LogP contribution < -0.4 is 4.74 Å². The number of ether oxygens (including phenoxy) is 1. The molecule has 2 heterocycles. The Hall–Kier alpha value is -2.92. The summed E-state index contributed by atoms with van der Waals surface area (Å²) in [6.45, 7) is 3.81. The number of benzene rings is 2. The summed E-state index contributed by atoms with van der Waals surface area (Å²) in [5.41, 5.74) is 1.57. The van der Waals surface area contributed by atoms with Crippen molar-refractivity contribution in [2.75, 3.05) is 13.0 Å². The van der Waals surface area contributed by atoms with Gasteiger partial charge in [0.15, 0.2) is 0 Å². The summed E-state index contributed by atoms with van der Waals surface area (Å²) in [5, 5.41) is 12.0. The van der Waals surface area contributed by atoms with Crippen molar-refractivity contribution < 1.29 is 17.9 Å². The fourth-order valence-corrected chi connectivity index (χ4v) is 5.91. The van der Waals surface area contributed by atoms with Gasteiger partial charge in [-0.25, -0.2) is 12.7 Å². The van der Waals surface area contributed by atoms with Gasteiger partial charge in [-0.2, -0.15) is 4.68 Å². The van der Waals surface area contributed by atoms with Crippen molar-refractivity contribution in [3.8, 4) is 11.4 Å². The maximum atomic E-state index is 13.1. The van der Waals surface area contributed by atoms with E-state index in [1.807, 2.05) is 44.2 Å². The number of para-hydroxylation sites is 1. The van der Waals surface area contributed by atoms with Gasteiger partial charge in [0.05, 0.1) is 24.2 Å². The molecule has 0 atom stereocenters. The van der Waals surface area contributed by atoms with Crippen LogP contribution in [0.4, 0.5) is 0 Å². The van der Waals surface area contributed by atoms with Crippen molar-refractivity contribution in [1.82, 2.24) is 24.5 Å². The minimum absolute atomic E-state index is 0.0289. The van der Waals surface area contributed by atoms with Gasteiger partial charge >= 0.3 is 0 Å². The van der Waals surface area contributed by atoms with Crippen molar-refractivity contribution in [1.29, 1.82) is 0 Å². The molecule has 4 rings (SSSR count). The number of nitrogens with zero attached hydrogens (tertiary/aromatic N) is 5. The Morgan fingerprint density at radius 1 is 1.17 bits per heavy atom. The Balaban J connectivity index is 1.67. The molecule has 0 saturated heterocycles. The Bertz CT molecular complexity index is 1210. The third-order valence-corrected chi connectivity index (χ3v) is 7.54. The molecule has 9 nitrogen and oxygen atoms in total. The molecule has 2 aromatic carbocycles. The van der Waals surface area contributed by atoms with Crippen LogP contribution in [-0.2, 0) is 10.0 Å². The standard InChI is InChI=1S/C19H19N5O4S2/c1-12(2)15-9-14(28-3)10-16-17(15)18(25)23(30(16,26)27)11-29-19-20-21-22-24(19)13-7-5-4-6-8-13/h4-10,12H,11H2,1-3H3. The number of sulfonamides is 1. The number of fused-ring (bicyclic) bond motifs is 1. The highest BCUT2D eigenvalue weighted by atomic mass is 32.2. The van der Waals surface area contributed by atoms with E-state index in [1.165, 1.54) is 17.9 Å². The van der Waals surface area contributed by atoms with Gasteiger partial charge in [0, 0.05) is 6.07 Å². The molecule has 1 aliphatic heterocycles. The Kier molecular flexibility index (Phi) is 5.24. The summed E-state index contributed by atoms with van der Waals surface area (Å²) in [4.78, 5) is 13.1. The normalized spacial score (nSPS) is 14.9.